The molecule has 0 atom stereocenters. The summed E-state index contributed by atoms with van der Waals surface area (Å²) in [5.41, 5.74) is 7.09. The molecule has 20 heavy (non-hydrogen) atoms. The summed E-state index contributed by atoms with van der Waals surface area (Å²) < 4.78 is 32.8. The summed E-state index contributed by atoms with van der Waals surface area (Å²) in [5, 5.41) is 3.27. The first-order chi connectivity index (χ1) is 9.55. The molecule has 108 valence electrons. The van der Waals surface area contributed by atoms with Crippen molar-refractivity contribution in [1.29, 1.82) is 0 Å². The zero-order valence-corrected chi connectivity index (χ0v) is 11.8. The zero-order chi connectivity index (χ0) is 14.2. The highest BCUT2D eigenvalue weighted by Crippen LogP contribution is 2.29. The lowest BCUT2D eigenvalue weighted by atomic mass is 10.1. The summed E-state index contributed by atoms with van der Waals surface area (Å²) in [4.78, 5) is 0. The van der Waals surface area contributed by atoms with Crippen molar-refractivity contribution in [2.45, 2.75) is 24.7 Å². The van der Waals surface area contributed by atoms with Gasteiger partial charge in [-0.05, 0) is 37.6 Å². The van der Waals surface area contributed by atoms with Gasteiger partial charge >= 0.3 is 0 Å². The fraction of sp³-hybridized carbons (Fsp3) is 0.462. The molecule has 1 saturated heterocycles. The van der Waals surface area contributed by atoms with E-state index < -0.39 is 10.0 Å². The predicted octanol–water partition coefficient (Wildman–Crippen LogP) is 0.366. The third-order valence-electron chi connectivity index (χ3n) is 3.52. The van der Waals surface area contributed by atoms with Crippen LogP contribution >= 0.6 is 0 Å². The highest BCUT2D eigenvalue weighted by atomic mass is 32.2. The Bertz CT molecular complexity index is 649. The van der Waals surface area contributed by atoms with E-state index in [1.165, 1.54) is 0 Å². The van der Waals surface area contributed by atoms with Gasteiger partial charge in [0.2, 0.25) is 0 Å². The van der Waals surface area contributed by atoms with Gasteiger partial charge in [0, 0.05) is 0 Å². The molecular formula is C13H17N3O3S. The lowest BCUT2D eigenvalue weighted by Crippen LogP contribution is -2.35. The Hall–Kier alpha value is -1.60. The van der Waals surface area contributed by atoms with Crippen LogP contribution in [0.4, 0.5) is 0 Å². The summed E-state index contributed by atoms with van der Waals surface area (Å²) in [6.07, 6.45) is 1.99. The molecule has 0 amide bonds. The maximum Gasteiger partial charge on any atom is 0.259 e. The van der Waals surface area contributed by atoms with Crippen LogP contribution in [0.1, 0.15) is 24.0 Å². The van der Waals surface area contributed by atoms with Gasteiger partial charge in [0.15, 0.2) is 0 Å². The largest absolute Gasteiger partial charge is 0.490 e. The second-order valence-corrected chi connectivity index (χ2v) is 6.70. The molecule has 3 rings (SSSR count). The van der Waals surface area contributed by atoms with E-state index in [-0.39, 0.29) is 17.7 Å². The minimum Gasteiger partial charge on any atom is -0.490 e. The van der Waals surface area contributed by atoms with Gasteiger partial charge in [0.1, 0.15) is 17.7 Å². The number of nitrogens with zero attached hydrogens (tertiary/aromatic N) is 1. The summed E-state index contributed by atoms with van der Waals surface area (Å²) in [5.74, 6) is 0.535. The van der Waals surface area contributed by atoms with Crippen molar-refractivity contribution < 1.29 is 13.2 Å². The average molecular weight is 295 g/mol. The molecule has 0 saturated carbocycles. The van der Waals surface area contributed by atoms with Gasteiger partial charge < -0.3 is 15.8 Å². The van der Waals surface area contributed by atoms with Crippen molar-refractivity contribution in [3.8, 4) is 5.75 Å². The molecule has 1 fully saturated rings. The predicted molar refractivity (Wildman–Crippen MR) is 76.3 cm³/mol. The van der Waals surface area contributed by atoms with Crippen molar-refractivity contribution in [2.75, 3.05) is 13.1 Å². The second-order valence-electron chi connectivity index (χ2n) is 5.06. The molecule has 0 aromatic heterocycles. The van der Waals surface area contributed by atoms with Crippen molar-refractivity contribution in [3.63, 3.8) is 0 Å². The van der Waals surface area contributed by atoms with Gasteiger partial charge in [-0.2, -0.15) is 0 Å². The van der Waals surface area contributed by atoms with Crippen molar-refractivity contribution in [2.24, 2.45) is 10.1 Å². The summed E-state index contributed by atoms with van der Waals surface area (Å²) in [6.45, 7) is 1.86. The fourth-order valence-corrected chi connectivity index (χ4v) is 3.69. The summed E-state index contributed by atoms with van der Waals surface area (Å²) in [7, 11) is -3.50. The molecule has 2 heterocycles. The van der Waals surface area contributed by atoms with Crippen LogP contribution < -0.4 is 15.8 Å². The zero-order valence-electron chi connectivity index (χ0n) is 11.0. The molecular weight excluding hydrogens is 278 g/mol. The molecule has 0 bridgehead atoms. The van der Waals surface area contributed by atoms with E-state index in [1.807, 2.05) is 6.07 Å². The summed E-state index contributed by atoms with van der Waals surface area (Å²) in [6, 6.07) is 5.37. The van der Waals surface area contributed by atoms with Gasteiger partial charge in [-0.3, -0.25) is 0 Å². The lowest BCUT2D eigenvalue weighted by molar-refractivity contribution is 0.162. The molecule has 2 aliphatic rings. The number of benzene rings is 1. The van der Waals surface area contributed by atoms with Crippen molar-refractivity contribution in [3.05, 3.63) is 29.3 Å². The minimum atomic E-state index is -3.50. The quantitative estimate of drug-likeness (QED) is 0.822. The number of rotatable bonds is 2. The van der Waals surface area contributed by atoms with Crippen LogP contribution in [0.2, 0.25) is 0 Å². The molecule has 0 radical (unpaired) electrons. The highest BCUT2D eigenvalue weighted by Gasteiger charge is 2.26. The SMILES string of the molecule is NC1=NS(=O)(=O)Cc2cccc(OC3CCNCC3)c21. The number of hydrogen-bond donors (Lipinski definition) is 2. The smallest absolute Gasteiger partial charge is 0.259 e. The highest BCUT2D eigenvalue weighted by molar-refractivity contribution is 7.89. The van der Waals surface area contributed by atoms with E-state index in [0.717, 1.165) is 25.9 Å². The average Bonchev–Trinajstić information content (AvgIpc) is 2.38. The van der Waals surface area contributed by atoms with Gasteiger partial charge in [-0.25, -0.2) is 8.42 Å². The number of piperidine rings is 1. The maximum atomic E-state index is 11.6. The Balaban J connectivity index is 1.94. The van der Waals surface area contributed by atoms with Crippen molar-refractivity contribution >= 4 is 15.9 Å². The van der Waals surface area contributed by atoms with Crippen LogP contribution in [0.3, 0.4) is 0 Å². The van der Waals surface area contributed by atoms with Crippen molar-refractivity contribution in [1.82, 2.24) is 5.32 Å². The van der Waals surface area contributed by atoms with Crippen LogP contribution in [0, 0.1) is 0 Å². The molecule has 0 spiro atoms. The maximum absolute atomic E-state index is 11.6. The molecule has 7 heteroatoms. The first kappa shape index (κ1) is 13.4. The fourth-order valence-electron chi connectivity index (χ4n) is 2.60. The van der Waals surface area contributed by atoms with E-state index in [2.05, 4.69) is 9.71 Å². The Kier molecular flexibility index (Phi) is 3.39. The standard InChI is InChI=1S/C13H17N3O3S/c14-13-12-9(8-20(17,18)16-13)2-1-3-11(12)19-10-4-6-15-7-5-10/h1-3,10,15H,4-8H2,(H2,14,16). The Labute approximate surface area is 118 Å². The number of sulfonamides is 1. The van der Waals surface area contributed by atoms with Gasteiger partial charge in [-0.15, -0.1) is 4.40 Å². The second kappa shape index (κ2) is 5.06. The van der Waals surface area contributed by atoms with Crippen LogP contribution in [0.5, 0.6) is 5.75 Å². The van der Waals surface area contributed by atoms with Gasteiger partial charge in [0.25, 0.3) is 10.0 Å². The number of amidine groups is 1. The number of ether oxygens (including phenoxy) is 1. The Morgan fingerprint density at radius 2 is 2.05 bits per heavy atom. The van der Waals surface area contributed by atoms with Crippen LogP contribution in [0.25, 0.3) is 0 Å². The van der Waals surface area contributed by atoms with E-state index in [4.69, 9.17) is 10.5 Å². The topological polar surface area (TPSA) is 93.8 Å². The first-order valence-corrected chi connectivity index (χ1v) is 8.24. The molecule has 2 aliphatic heterocycles. The number of fused-ring (bicyclic) bond motifs is 1. The summed E-state index contributed by atoms with van der Waals surface area (Å²) >= 11 is 0. The molecule has 3 N–H and O–H groups in total. The van der Waals surface area contributed by atoms with Gasteiger partial charge in [-0.1, -0.05) is 12.1 Å². The van der Waals surface area contributed by atoms with E-state index in [0.29, 0.717) is 16.9 Å². The first-order valence-electron chi connectivity index (χ1n) is 6.63. The molecule has 1 aromatic carbocycles. The lowest BCUT2D eigenvalue weighted by Gasteiger charge is -2.26. The van der Waals surface area contributed by atoms with Gasteiger partial charge in [0.05, 0.1) is 11.3 Å². The number of nitrogens with one attached hydrogen (secondary N) is 1. The molecule has 0 unspecified atom stereocenters. The normalized spacial score (nSPS) is 21.9. The van der Waals surface area contributed by atoms with Crippen LogP contribution in [-0.2, 0) is 15.8 Å². The molecule has 6 nitrogen and oxygen atoms in total. The Morgan fingerprint density at radius 3 is 2.80 bits per heavy atom. The van der Waals surface area contributed by atoms with E-state index in [9.17, 15) is 8.42 Å². The third-order valence-corrected chi connectivity index (χ3v) is 4.67. The Morgan fingerprint density at radius 1 is 1.30 bits per heavy atom. The van der Waals surface area contributed by atoms with Crippen LogP contribution in [-0.4, -0.2) is 33.4 Å². The minimum absolute atomic E-state index is 0.0239. The number of nitrogens with two attached hydrogens (primary N) is 1. The monoisotopic (exact) mass is 295 g/mol. The molecule has 1 aromatic rings. The van der Waals surface area contributed by atoms with E-state index >= 15 is 0 Å². The molecule has 0 aliphatic carbocycles. The van der Waals surface area contributed by atoms with E-state index in [1.54, 1.807) is 12.1 Å². The third kappa shape index (κ3) is 2.64. The van der Waals surface area contributed by atoms with Crippen LogP contribution in [0.15, 0.2) is 22.6 Å². The number of hydrogen-bond acceptors (Lipinski definition) is 5.